The smallest absolute Gasteiger partial charge is 0.250 e. The van der Waals surface area contributed by atoms with Gasteiger partial charge in [0, 0.05) is 18.6 Å². The summed E-state index contributed by atoms with van der Waals surface area (Å²) in [7, 11) is 0. The Hall–Kier alpha value is -1.81. The number of aryl methyl sites for hydroxylation is 1. The zero-order chi connectivity index (χ0) is 13.7. The van der Waals surface area contributed by atoms with Gasteiger partial charge in [0.25, 0.3) is 0 Å². The van der Waals surface area contributed by atoms with Gasteiger partial charge in [0.05, 0.1) is 10.6 Å². The number of primary amides is 1. The van der Waals surface area contributed by atoms with Gasteiger partial charge in [-0.3, -0.25) is 4.79 Å². The Morgan fingerprint density at radius 1 is 1.39 bits per heavy atom. The van der Waals surface area contributed by atoms with Crippen LogP contribution in [0.1, 0.15) is 29.8 Å². The van der Waals surface area contributed by atoms with Gasteiger partial charge in [-0.15, -0.1) is 0 Å². The molecular formula is C13H16ClN3O. The van der Waals surface area contributed by atoms with E-state index in [9.17, 15) is 4.79 Å². The minimum absolute atomic E-state index is 0.430. The fraction of sp³-hybridized carbons (Fsp3) is 0.231. The number of carbonyl (C=O) groups excluding carboxylic acids is 1. The summed E-state index contributed by atoms with van der Waals surface area (Å²) < 4.78 is 1.68. The Morgan fingerprint density at radius 3 is 2.61 bits per heavy atom. The van der Waals surface area contributed by atoms with Crippen molar-refractivity contribution in [1.29, 1.82) is 0 Å². The largest absolute Gasteiger partial charge is 0.366 e. The molecule has 0 spiro atoms. The number of halogens is 1. The first-order chi connectivity index (χ1) is 8.59. The van der Waals surface area contributed by atoms with Crippen molar-refractivity contribution in [3.8, 4) is 5.82 Å². The first-order valence-corrected chi connectivity index (χ1v) is 6.06. The minimum atomic E-state index is -0.470. The number of hydrogen-bond donors (Lipinski definition) is 1. The molecule has 0 atom stereocenters. The molecule has 96 valence electrons. The number of rotatable bonds is 2. The maximum absolute atomic E-state index is 11.0. The van der Waals surface area contributed by atoms with Gasteiger partial charge in [-0.25, -0.2) is 4.98 Å². The van der Waals surface area contributed by atoms with Crippen LogP contribution in [0, 0.1) is 6.92 Å². The van der Waals surface area contributed by atoms with Gasteiger partial charge < -0.3 is 10.3 Å². The molecule has 0 aromatic carbocycles. The molecule has 2 heterocycles. The molecule has 0 unspecified atom stereocenters. The number of carbonyl (C=O) groups is 1. The molecule has 0 aliphatic rings. The Bertz CT molecular complexity index is 549. The number of amides is 1. The second-order valence-electron chi connectivity index (χ2n) is 3.44. The van der Waals surface area contributed by atoms with E-state index >= 15 is 0 Å². The monoisotopic (exact) mass is 265 g/mol. The van der Waals surface area contributed by atoms with E-state index in [0.29, 0.717) is 16.4 Å². The van der Waals surface area contributed by atoms with E-state index in [4.69, 9.17) is 17.3 Å². The molecule has 4 nitrogen and oxygen atoms in total. The van der Waals surface area contributed by atoms with E-state index in [1.807, 2.05) is 26.8 Å². The average Bonchev–Trinajstić information content (AvgIpc) is 2.85. The molecular weight excluding hydrogens is 250 g/mol. The van der Waals surface area contributed by atoms with Crippen molar-refractivity contribution >= 4 is 17.5 Å². The summed E-state index contributed by atoms with van der Waals surface area (Å²) in [5.74, 6) is 0.122. The van der Waals surface area contributed by atoms with Crippen LogP contribution in [0.2, 0.25) is 5.02 Å². The highest BCUT2D eigenvalue weighted by atomic mass is 35.5. The van der Waals surface area contributed by atoms with Crippen LogP contribution >= 0.6 is 11.6 Å². The highest BCUT2D eigenvalue weighted by molar-refractivity contribution is 6.32. The fourth-order valence-electron chi connectivity index (χ4n) is 1.38. The van der Waals surface area contributed by atoms with Crippen LogP contribution in [0.5, 0.6) is 0 Å². The van der Waals surface area contributed by atoms with E-state index in [0.717, 1.165) is 5.56 Å². The van der Waals surface area contributed by atoms with Gasteiger partial charge in [-0.05, 0) is 24.6 Å². The van der Waals surface area contributed by atoms with Crippen LogP contribution in [-0.4, -0.2) is 15.5 Å². The molecule has 0 aliphatic carbocycles. The van der Waals surface area contributed by atoms with Gasteiger partial charge in [0.2, 0.25) is 5.91 Å². The lowest BCUT2D eigenvalue weighted by Gasteiger charge is -2.05. The Balaban J connectivity index is 0.000000771. The molecule has 2 aromatic heterocycles. The van der Waals surface area contributed by atoms with E-state index in [1.165, 1.54) is 0 Å². The average molecular weight is 266 g/mol. The summed E-state index contributed by atoms with van der Waals surface area (Å²) >= 11 is 6.12. The second-order valence-corrected chi connectivity index (χ2v) is 3.82. The number of pyridine rings is 1. The molecule has 18 heavy (non-hydrogen) atoms. The van der Waals surface area contributed by atoms with Crippen molar-refractivity contribution in [3.63, 3.8) is 0 Å². The van der Waals surface area contributed by atoms with Crippen LogP contribution in [0.4, 0.5) is 0 Å². The quantitative estimate of drug-likeness (QED) is 0.907. The maximum Gasteiger partial charge on any atom is 0.250 e. The number of nitrogens with two attached hydrogens (primary N) is 1. The molecule has 2 aromatic rings. The molecule has 2 rings (SSSR count). The highest BCUT2D eigenvalue weighted by Gasteiger charge is 2.08. The van der Waals surface area contributed by atoms with Gasteiger partial charge >= 0.3 is 0 Å². The lowest BCUT2D eigenvalue weighted by atomic mass is 10.3. The van der Waals surface area contributed by atoms with Crippen LogP contribution in [0.3, 0.4) is 0 Å². The summed E-state index contributed by atoms with van der Waals surface area (Å²) in [6.45, 7) is 5.89. The zero-order valence-corrected chi connectivity index (χ0v) is 11.4. The standard InChI is InChI=1S/C11H10ClN3O.C2H6/c1-7-2-4-14-11(9(7)12)15-5-3-8(6-15)10(13)16;1-2/h2-6H,1H3,(H2,13,16);1-2H3. The summed E-state index contributed by atoms with van der Waals surface area (Å²) in [6.07, 6.45) is 4.98. The van der Waals surface area contributed by atoms with Crippen LogP contribution in [0.25, 0.3) is 5.82 Å². The van der Waals surface area contributed by atoms with Crippen molar-refractivity contribution in [2.45, 2.75) is 20.8 Å². The Morgan fingerprint density at radius 2 is 2.06 bits per heavy atom. The van der Waals surface area contributed by atoms with Crippen molar-refractivity contribution in [3.05, 3.63) is 46.9 Å². The molecule has 2 N–H and O–H groups in total. The molecule has 0 aliphatic heterocycles. The number of aromatic nitrogens is 2. The summed E-state index contributed by atoms with van der Waals surface area (Å²) in [5, 5.41) is 0.564. The molecule has 5 heteroatoms. The van der Waals surface area contributed by atoms with E-state index < -0.39 is 5.91 Å². The minimum Gasteiger partial charge on any atom is -0.366 e. The third kappa shape index (κ3) is 2.90. The topological polar surface area (TPSA) is 60.9 Å². The van der Waals surface area contributed by atoms with Crippen LogP contribution in [-0.2, 0) is 0 Å². The number of hydrogen-bond acceptors (Lipinski definition) is 2. The van der Waals surface area contributed by atoms with E-state index in [2.05, 4.69) is 4.98 Å². The summed E-state index contributed by atoms with van der Waals surface area (Å²) in [5.41, 5.74) is 6.53. The summed E-state index contributed by atoms with van der Waals surface area (Å²) in [4.78, 5) is 15.1. The zero-order valence-electron chi connectivity index (χ0n) is 10.6. The van der Waals surface area contributed by atoms with Gasteiger partial charge in [-0.1, -0.05) is 25.4 Å². The first-order valence-electron chi connectivity index (χ1n) is 5.69. The normalized spacial score (nSPS) is 9.56. The molecule has 0 bridgehead atoms. The SMILES string of the molecule is CC.Cc1ccnc(-n2ccc(C(N)=O)c2)c1Cl. The third-order valence-corrected chi connectivity index (χ3v) is 2.75. The molecule has 0 fully saturated rings. The van der Waals surface area contributed by atoms with Gasteiger partial charge in [0.1, 0.15) is 0 Å². The van der Waals surface area contributed by atoms with Crippen LogP contribution in [0.15, 0.2) is 30.7 Å². The van der Waals surface area contributed by atoms with E-state index in [1.54, 1.807) is 29.2 Å². The van der Waals surface area contributed by atoms with Crippen molar-refractivity contribution in [2.24, 2.45) is 5.73 Å². The predicted molar refractivity (Wildman–Crippen MR) is 73.2 cm³/mol. The molecule has 0 saturated carbocycles. The lowest BCUT2D eigenvalue weighted by molar-refractivity contribution is 0.100. The molecule has 1 amide bonds. The second kappa shape index (κ2) is 6.21. The third-order valence-electron chi connectivity index (χ3n) is 2.29. The molecule has 0 radical (unpaired) electrons. The van der Waals surface area contributed by atoms with Crippen molar-refractivity contribution < 1.29 is 4.79 Å². The molecule has 0 saturated heterocycles. The summed E-state index contributed by atoms with van der Waals surface area (Å²) in [6, 6.07) is 3.45. The predicted octanol–water partition coefficient (Wildman–Crippen LogP) is 2.96. The fourth-order valence-corrected chi connectivity index (χ4v) is 1.59. The Kier molecular flexibility index (Phi) is 4.92. The maximum atomic E-state index is 11.0. The highest BCUT2D eigenvalue weighted by Crippen LogP contribution is 2.22. The van der Waals surface area contributed by atoms with Crippen LogP contribution < -0.4 is 5.73 Å². The van der Waals surface area contributed by atoms with Crippen molar-refractivity contribution in [1.82, 2.24) is 9.55 Å². The first kappa shape index (κ1) is 14.3. The van der Waals surface area contributed by atoms with Crippen molar-refractivity contribution in [2.75, 3.05) is 0 Å². The van der Waals surface area contributed by atoms with Gasteiger partial charge in [-0.2, -0.15) is 0 Å². The number of nitrogens with zero attached hydrogens (tertiary/aromatic N) is 2. The van der Waals surface area contributed by atoms with E-state index in [-0.39, 0.29) is 0 Å². The van der Waals surface area contributed by atoms with Gasteiger partial charge in [0.15, 0.2) is 5.82 Å². The Labute approximate surface area is 111 Å². The lowest BCUT2D eigenvalue weighted by Crippen LogP contribution is -2.09.